The maximum Gasteiger partial charge on any atom is 0.320 e. The number of rotatable bonds is 4. The third kappa shape index (κ3) is 2.29. The van der Waals surface area contributed by atoms with E-state index in [1.54, 1.807) is 18.2 Å². The number of esters is 1. The molecule has 3 heterocycles. The normalized spacial score (nSPS) is 32.1. The summed E-state index contributed by atoms with van der Waals surface area (Å²) in [6.45, 7) is 5.80. The van der Waals surface area contributed by atoms with Crippen LogP contribution in [0.1, 0.15) is 24.8 Å². The average Bonchev–Trinajstić information content (AvgIpc) is 3.04. The molecule has 1 aliphatic carbocycles. The standard InChI is InChI=1S/C20H20O6/c1-4-5-13-9-20(23-3)11(2)16(17(18(13)21)19(22)26-20)12-6-7-14-15(8-12)25-10-24-14/h4,6-9,11,16-17H,1,5,10H2,2-3H3/t11-,16-,17-,20+/m0/s1. The maximum absolute atomic E-state index is 13.1. The predicted molar refractivity (Wildman–Crippen MR) is 91.7 cm³/mol. The van der Waals surface area contributed by atoms with Gasteiger partial charge in [0, 0.05) is 24.5 Å². The Morgan fingerprint density at radius 3 is 2.81 bits per heavy atom. The minimum atomic E-state index is -1.28. The summed E-state index contributed by atoms with van der Waals surface area (Å²) in [5, 5.41) is 0. The van der Waals surface area contributed by atoms with Crippen LogP contribution in [0.4, 0.5) is 0 Å². The van der Waals surface area contributed by atoms with Gasteiger partial charge in [-0.1, -0.05) is 19.1 Å². The van der Waals surface area contributed by atoms with Crippen molar-refractivity contribution in [2.75, 3.05) is 13.9 Å². The van der Waals surface area contributed by atoms with Crippen molar-refractivity contribution in [1.82, 2.24) is 0 Å². The van der Waals surface area contributed by atoms with E-state index in [0.717, 1.165) is 5.56 Å². The van der Waals surface area contributed by atoms with E-state index in [2.05, 4.69) is 6.58 Å². The molecule has 136 valence electrons. The summed E-state index contributed by atoms with van der Waals surface area (Å²) in [5.74, 6) is -2.38. The number of hydrogen-bond donors (Lipinski definition) is 0. The Morgan fingerprint density at radius 1 is 1.31 bits per heavy atom. The van der Waals surface area contributed by atoms with Gasteiger partial charge in [-0.25, -0.2) is 0 Å². The Balaban J connectivity index is 1.85. The summed E-state index contributed by atoms with van der Waals surface area (Å²) in [4.78, 5) is 25.8. The van der Waals surface area contributed by atoms with Crippen LogP contribution in [0.25, 0.3) is 0 Å². The molecule has 0 N–H and O–H groups in total. The Hall–Kier alpha value is -2.60. The number of carbonyl (C=O) groups excluding carboxylic acids is 2. The smallest absolute Gasteiger partial charge is 0.320 e. The lowest BCUT2D eigenvalue weighted by Gasteiger charge is -2.43. The van der Waals surface area contributed by atoms with Crippen molar-refractivity contribution < 1.29 is 28.5 Å². The van der Waals surface area contributed by atoms with Gasteiger partial charge >= 0.3 is 5.97 Å². The number of carbonyl (C=O) groups is 2. The van der Waals surface area contributed by atoms with Gasteiger partial charge in [-0.2, -0.15) is 0 Å². The average molecular weight is 356 g/mol. The summed E-state index contributed by atoms with van der Waals surface area (Å²) in [5.41, 5.74) is 1.32. The molecule has 0 radical (unpaired) electrons. The van der Waals surface area contributed by atoms with Gasteiger partial charge < -0.3 is 18.9 Å². The summed E-state index contributed by atoms with van der Waals surface area (Å²) in [6.07, 6.45) is 3.65. The number of benzene rings is 1. The monoisotopic (exact) mass is 356 g/mol. The highest BCUT2D eigenvalue weighted by molar-refractivity contribution is 6.10. The van der Waals surface area contributed by atoms with Crippen LogP contribution in [0.5, 0.6) is 11.5 Å². The van der Waals surface area contributed by atoms with Gasteiger partial charge in [0.1, 0.15) is 5.92 Å². The van der Waals surface area contributed by atoms with Crippen molar-refractivity contribution in [2.24, 2.45) is 11.8 Å². The van der Waals surface area contributed by atoms with Crippen LogP contribution in [0, 0.1) is 11.8 Å². The van der Waals surface area contributed by atoms with Gasteiger partial charge in [-0.15, -0.1) is 6.58 Å². The molecule has 0 spiro atoms. The van der Waals surface area contributed by atoms with E-state index >= 15 is 0 Å². The summed E-state index contributed by atoms with van der Waals surface area (Å²) in [7, 11) is 1.48. The zero-order chi connectivity index (χ0) is 18.5. The van der Waals surface area contributed by atoms with Gasteiger partial charge in [-0.3, -0.25) is 9.59 Å². The number of ketones is 1. The molecule has 2 bridgehead atoms. The van der Waals surface area contributed by atoms with Crippen LogP contribution >= 0.6 is 0 Å². The molecule has 6 nitrogen and oxygen atoms in total. The lowest BCUT2D eigenvalue weighted by Crippen LogP contribution is -2.52. The van der Waals surface area contributed by atoms with Crippen molar-refractivity contribution in [3.05, 3.63) is 48.1 Å². The third-order valence-electron chi connectivity index (χ3n) is 5.49. The van der Waals surface area contributed by atoms with Crippen molar-refractivity contribution in [3.63, 3.8) is 0 Å². The van der Waals surface area contributed by atoms with Crippen molar-refractivity contribution in [3.8, 4) is 11.5 Å². The third-order valence-corrected chi connectivity index (χ3v) is 5.49. The molecule has 6 heteroatoms. The fourth-order valence-electron chi connectivity index (χ4n) is 4.15. The van der Waals surface area contributed by atoms with E-state index in [9.17, 15) is 9.59 Å². The second kappa shape index (κ2) is 5.99. The van der Waals surface area contributed by atoms with Crippen molar-refractivity contribution in [1.29, 1.82) is 0 Å². The summed E-state index contributed by atoms with van der Waals surface area (Å²) in [6, 6.07) is 5.50. The van der Waals surface area contributed by atoms with Gasteiger partial charge in [-0.05, 0) is 30.2 Å². The zero-order valence-corrected chi connectivity index (χ0v) is 14.7. The second-order valence-electron chi connectivity index (χ2n) is 6.78. The van der Waals surface area contributed by atoms with Crippen LogP contribution in [-0.2, 0) is 19.1 Å². The molecular weight excluding hydrogens is 336 g/mol. The number of ether oxygens (including phenoxy) is 4. The van der Waals surface area contributed by atoms with E-state index in [1.807, 2.05) is 19.1 Å². The topological polar surface area (TPSA) is 71.1 Å². The van der Waals surface area contributed by atoms with Gasteiger partial charge in [0.05, 0.1) is 0 Å². The largest absolute Gasteiger partial charge is 0.454 e. The summed E-state index contributed by atoms with van der Waals surface area (Å²) >= 11 is 0. The van der Waals surface area contributed by atoms with Crippen LogP contribution in [-0.4, -0.2) is 31.4 Å². The van der Waals surface area contributed by atoms with Gasteiger partial charge in [0.25, 0.3) is 0 Å². The van der Waals surface area contributed by atoms with E-state index in [4.69, 9.17) is 18.9 Å². The lowest BCUT2D eigenvalue weighted by atomic mass is 9.72. The SMILES string of the molecule is C=CCC1=C[C@@]2(OC)OC(=O)[C@H](C1=O)[C@H](c1ccc3c(c1)OCO3)[C@@H]2C. The van der Waals surface area contributed by atoms with Crippen LogP contribution in [0.2, 0.25) is 0 Å². The Morgan fingerprint density at radius 2 is 2.08 bits per heavy atom. The molecule has 1 fully saturated rings. The first-order chi connectivity index (χ1) is 12.5. The number of methoxy groups -OCH3 is 1. The molecule has 1 aromatic rings. The van der Waals surface area contributed by atoms with E-state index in [1.165, 1.54) is 7.11 Å². The van der Waals surface area contributed by atoms with E-state index in [-0.39, 0.29) is 18.5 Å². The van der Waals surface area contributed by atoms with Crippen molar-refractivity contribution in [2.45, 2.75) is 25.0 Å². The molecule has 1 aromatic carbocycles. The molecule has 0 amide bonds. The first-order valence-electron chi connectivity index (χ1n) is 8.55. The van der Waals surface area contributed by atoms with Crippen LogP contribution in [0.3, 0.4) is 0 Å². The Kier molecular flexibility index (Phi) is 3.88. The maximum atomic E-state index is 13.1. The Bertz CT molecular complexity index is 826. The fourth-order valence-corrected chi connectivity index (χ4v) is 4.15. The van der Waals surface area contributed by atoms with Crippen molar-refractivity contribution >= 4 is 11.8 Å². The Labute approximate surface area is 151 Å². The molecule has 0 unspecified atom stereocenters. The minimum Gasteiger partial charge on any atom is -0.454 e. The highest BCUT2D eigenvalue weighted by atomic mass is 16.7. The minimum absolute atomic E-state index is 0.163. The quantitative estimate of drug-likeness (QED) is 0.469. The molecule has 5 rings (SSSR count). The fraction of sp³-hybridized carbons (Fsp3) is 0.400. The molecule has 4 atom stereocenters. The molecular formula is C20H20O6. The van der Waals surface area contributed by atoms with E-state index < -0.39 is 23.6 Å². The molecule has 0 saturated carbocycles. The predicted octanol–water partition coefficient (Wildman–Crippen LogP) is 2.74. The molecule has 0 aromatic heterocycles. The number of fused-ring (bicyclic) bond motifs is 4. The molecule has 1 saturated heterocycles. The highest BCUT2D eigenvalue weighted by Crippen LogP contribution is 2.51. The highest BCUT2D eigenvalue weighted by Gasteiger charge is 2.58. The zero-order valence-electron chi connectivity index (χ0n) is 14.7. The number of Topliss-reactive ketones (excluding diaryl/α,β-unsaturated/α-hetero) is 1. The number of allylic oxidation sites excluding steroid dienone is 2. The van der Waals surface area contributed by atoms with Crippen LogP contribution < -0.4 is 9.47 Å². The lowest BCUT2D eigenvalue weighted by molar-refractivity contribution is -0.239. The first-order valence-corrected chi connectivity index (χ1v) is 8.55. The first kappa shape index (κ1) is 16.8. The van der Waals surface area contributed by atoms with Gasteiger partial charge in [0.15, 0.2) is 17.3 Å². The second-order valence-corrected chi connectivity index (χ2v) is 6.78. The summed E-state index contributed by atoms with van der Waals surface area (Å²) < 4.78 is 22.1. The molecule has 3 aliphatic heterocycles. The number of hydrogen-bond acceptors (Lipinski definition) is 6. The van der Waals surface area contributed by atoms with E-state index in [0.29, 0.717) is 23.5 Å². The van der Waals surface area contributed by atoms with Crippen LogP contribution in [0.15, 0.2) is 42.5 Å². The molecule has 4 aliphatic rings. The molecule has 26 heavy (non-hydrogen) atoms. The van der Waals surface area contributed by atoms with Gasteiger partial charge in [0.2, 0.25) is 12.6 Å².